The van der Waals surface area contributed by atoms with Crippen LogP contribution in [-0.4, -0.2) is 27.8 Å². The standard InChI is InChI=1S/C6H20O3SSi2/c1-11(2,3)10(7,8,9)12(4,5)6/h1-6H3,(H2,7,8,9). The average Bonchev–Trinajstić information content (AvgIpc) is 1.55. The van der Waals surface area contributed by atoms with Crippen LogP contribution in [0.15, 0.2) is 0 Å². The number of hydrogen-bond acceptors (Lipinski definition) is 1. The van der Waals surface area contributed by atoms with Crippen molar-refractivity contribution >= 4 is 23.0 Å². The van der Waals surface area contributed by atoms with E-state index in [9.17, 15) is 13.3 Å². The van der Waals surface area contributed by atoms with E-state index in [4.69, 9.17) is 0 Å². The molecule has 76 valence electrons. The van der Waals surface area contributed by atoms with Crippen molar-refractivity contribution in [3.8, 4) is 0 Å². The fourth-order valence-corrected chi connectivity index (χ4v) is 24.8. The second-order valence-electron chi connectivity index (χ2n) is 5.09. The molecular weight excluding hydrogens is 208 g/mol. The molecule has 0 heterocycles. The zero-order chi connectivity index (χ0) is 10.4. The third-order valence-corrected chi connectivity index (χ3v) is 30.9. The predicted octanol–water partition coefficient (Wildman–Crippen LogP) is 2.42. The predicted molar refractivity (Wildman–Crippen MR) is 60.1 cm³/mol. The quantitative estimate of drug-likeness (QED) is 0.714. The van der Waals surface area contributed by atoms with Gasteiger partial charge in [0, 0.05) is 8.53 Å². The first kappa shape index (κ1) is 12.5. The Bertz CT molecular complexity index is 222. The third-order valence-electron chi connectivity index (χ3n) is 2.21. The van der Waals surface area contributed by atoms with Gasteiger partial charge in [-0.2, -0.15) is 0 Å². The maximum absolute atomic E-state index is 12.1. The summed E-state index contributed by atoms with van der Waals surface area (Å²) in [5.74, 6) is 0. The van der Waals surface area contributed by atoms with Crippen LogP contribution in [0.2, 0.25) is 39.3 Å². The van der Waals surface area contributed by atoms with Gasteiger partial charge in [0.25, 0.3) is 0 Å². The molecule has 2 N–H and O–H groups in total. The monoisotopic (exact) mass is 228 g/mol. The molecule has 0 aliphatic heterocycles. The van der Waals surface area contributed by atoms with Gasteiger partial charge in [0.15, 0.2) is 14.4 Å². The first-order chi connectivity index (χ1) is 4.79. The van der Waals surface area contributed by atoms with Crippen LogP contribution >= 0.6 is 0 Å². The molecule has 0 rings (SSSR count). The van der Waals surface area contributed by atoms with E-state index in [0.717, 1.165) is 0 Å². The van der Waals surface area contributed by atoms with Gasteiger partial charge in [-0.05, 0) is 0 Å². The largest absolute Gasteiger partial charge is 0.317 e. The van der Waals surface area contributed by atoms with Gasteiger partial charge in [0.2, 0.25) is 0 Å². The van der Waals surface area contributed by atoms with E-state index in [1.165, 1.54) is 0 Å². The first-order valence-electron chi connectivity index (χ1n) is 3.94. The fourth-order valence-electron chi connectivity index (χ4n) is 0.919. The van der Waals surface area contributed by atoms with Gasteiger partial charge in [-0.15, -0.1) is 0 Å². The van der Waals surface area contributed by atoms with Crippen LogP contribution in [0, 0.1) is 0 Å². The van der Waals surface area contributed by atoms with Gasteiger partial charge in [-0.3, -0.25) is 0 Å². The summed E-state index contributed by atoms with van der Waals surface area (Å²) in [7, 11) is -9.13. The maximum atomic E-state index is 12.1. The third kappa shape index (κ3) is 1.58. The Morgan fingerprint density at radius 3 is 1.00 bits per heavy atom. The SMILES string of the molecule is C[Si](C)(C)S(=O)(O)(O)[Si](C)(C)C. The molecule has 0 radical (unpaired) electrons. The lowest BCUT2D eigenvalue weighted by molar-refractivity contribution is 0.427. The molecule has 0 aliphatic rings. The summed E-state index contributed by atoms with van der Waals surface area (Å²) in [6, 6.07) is 0. The molecule has 0 atom stereocenters. The van der Waals surface area contributed by atoms with E-state index >= 15 is 0 Å². The minimum absolute atomic E-state index is 1.74. The minimum Gasteiger partial charge on any atom is -0.317 e. The summed E-state index contributed by atoms with van der Waals surface area (Å²) in [5.41, 5.74) is 0. The Labute approximate surface area is 75.9 Å². The van der Waals surface area contributed by atoms with Crippen molar-refractivity contribution < 1.29 is 13.3 Å². The van der Waals surface area contributed by atoms with Crippen LogP contribution < -0.4 is 0 Å². The van der Waals surface area contributed by atoms with E-state index in [1.807, 2.05) is 0 Å². The first-order valence-corrected chi connectivity index (χ1v) is 14.3. The smallest absolute Gasteiger partial charge is 0.174 e. The minimum atomic E-state index is -4.29. The van der Waals surface area contributed by atoms with Crippen LogP contribution in [0.1, 0.15) is 0 Å². The summed E-state index contributed by atoms with van der Waals surface area (Å²) >= 11 is 0. The lowest BCUT2D eigenvalue weighted by Crippen LogP contribution is -2.66. The van der Waals surface area contributed by atoms with Gasteiger partial charge in [0.05, 0.1) is 0 Å². The molecule has 0 bridgehead atoms. The maximum Gasteiger partial charge on any atom is 0.174 e. The average molecular weight is 228 g/mol. The Hall–Kier alpha value is 0.504. The normalized spacial score (nSPS) is 18.5. The molecule has 0 aromatic carbocycles. The Kier molecular flexibility index (Phi) is 2.61. The van der Waals surface area contributed by atoms with Crippen molar-refractivity contribution in [3.63, 3.8) is 0 Å². The van der Waals surface area contributed by atoms with Gasteiger partial charge < -0.3 is 9.11 Å². The molecule has 0 aromatic heterocycles. The highest BCUT2D eigenvalue weighted by Gasteiger charge is 2.55. The number of hydrogen-bond donors (Lipinski definition) is 2. The Balaban J connectivity index is 5.47. The van der Waals surface area contributed by atoms with Crippen molar-refractivity contribution in [1.29, 1.82) is 0 Å². The number of rotatable bonds is 2. The van der Waals surface area contributed by atoms with Crippen molar-refractivity contribution in [1.82, 2.24) is 0 Å². The van der Waals surface area contributed by atoms with E-state index in [0.29, 0.717) is 0 Å². The molecule has 0 spiro atoms. The van der Waals surface area contributed by atoms with Crippen LogP contribution in [0.25, 0.3) is 0 Å². The van der Waals surface area contributed by atoms with Gasteiger partial charge in [-0.25, -0.2) is 4.21 Å². The summed E-state index contributed by atoms with van der Waals surface area (Å²) in [6.07, 6.45) is 0. The molecule has 0 saturated carbocycles. The molecule has 6 heteroatoms. The van der Waals surface area contributed by atoms with Crippen LogP contribution in [0.5, 0.6) is 0 Å². The van der Waals surface area contributed by atoms with Crippen molar-refractivity contribution in [3.05, 3.63) is 0 Å². The van der Waals surface area contributed by atoms with E-state index in [1.54, 1.807) is 39.3 Å². The zero-order valence-electron chi connectivity index (χ0n) is 8.71. The van der Waals surface area contributed by atoms with Crippen molar-refractivity contribution in [2.24, 2.45) is 0 Å². The Morgan fingerprint density at radius 1 is 0.833 bits per heavy atom. The summed E-state index contributed by atoms with van der Waals surface area (Å²) < 4.78 is 31.8. The zero-order valence-corrected chi connectivity index (χ0v) is 11.5. The molecule has 3 nitrogen and oxygen atoms in total. The van der Waals surface area contributed by atoms with Gasteiger partial charge >= 0.3 is 0 Å². The molecule has 0 fully saturated rings. The molecule has 0 saturated heterocycles. The topological polar surface area (TPSA) is 57.5 Å². The highest BCUT2D eigenvalue weighted by Crippen LogP contribution is 2.39. The summed E-state index contributed by atoms with van der Waals surface area (Å²) in [4.78, 5) is 0. The molecule has 0 unspecified atom stereocenters. The van der Waals surface area contributed by atoms with Gasteiger partial charge in [0.1, 0.15) is 0 Å². The lowest BCUT2D eigenvalue weighted by Gasteiger charge is -2.49. The fraction of sp³-hybridized carbons (Fsp3) is 1.00. The van der Waals surface area contributed by atoms with E-state index in [2.05, 4.69) is 0 Å². The second kappa shape index (κ2) is 2.51. The van der Waals surface area contributed by atoms with Crippen LogP contribution in [0.3, 0.4) is 0 Å². The second-order valence-corrected chi connectivity index (χ2v) is 28.3. The van der Waals surface area contributed by atoms with Crippen molar-refractivity contribution in [2.45, 2.75) is 39.3 Å². The van der Waals surface area contributed by atoms with E-state index < -0.39 is 23.0 Å². The van der Waals surface area contributed by atoms with Crippen LogP contribution in [0.4, 0.5) is 0 Å². The Morgan fingerprint density at radius 2 is 1.00 bits per heavy atom. The molecule has 0 aliphatic carbocycles. The summed E-state index contributed by atoms with van der Waals surface area (Å²) in [6.45, 7) is 10.4. The molecular formula is C6H20O3SSi2. The highest BCUT2D eigenvalue weighted by atomic mass is 32.7. The van der Waals surface area contributed by atoms with Gasteiger partial charge in [-0.1, -0.05) is 39.3 Å². The molecule has 0 amide bonds. The molecule has 12 heavy (non-hydrogen) atoms. The summed E-state index contributed by atoms with van der Waals surface area (Å²) in [5, 5.41) is 0. The highest BCUT2D eigenvalue weighted by molar-refractivity contribution is 8.56. The van der Waals surface area contributed by atoms with E-state index in [-0.39, 0.29) is 0 Å². The lowest BCUT2D eigenvalue weighted by atomic mass is 11.8. The molecule has 0 aromatic rings. The van der Waals surface area contributed by atoms with Crippen LogP contribution in [-0.2, 0) is 8.53 Å². The van der Waals surface area contributed by atoms with Crippen molar-refractivity contribution in [2.75, 3.05) is 0 Å².